The fourth-order valence-electron chi connectivity index (χ4n) is 2.26. The van der Waals surface area contributed by atoms with E-state index in [2.05, 4.69) is 20.8 Å². The Hall–Kier alpha value is -0.530. The molecule has 0 amide bonds. The second-order valence-corrected chi connectivity index (χ2v) is 6.31. The molecule has 0 aromatic heterocycles. The van der Waals surface area contributed by atoms with E-state index in [0.717, 1.165) is 24.7 Å². The number of carbonyl (C=O) groups is 1. The highest BCUT2D eigenvalue weighted by molar-refractivity contribution is 5.69. The van der Waals surface area contributed by atoms with Crippen LogP contribution in [0.3, 0.4) is 0 Å². The number of unbranched alkanes of at least 4 members (excludes halogenated alkanes) is 2. The van der Waals surface area contributed by atoms with Crippen LogP contribution in [0.1, 0.15) is 79.1 Å². The average Bonchev–Trinajstić information content (AvgIpc) is 2.27. The lowest BCUT2D eigenvalue weighted by Crippen LogP contribution is -2.08. The standard InChI is InChI=1S/C16H32O2/c1-13(2)9-8-11-14(3)10-6-5-7-12-15(4)16(17)18/h13-15H,5-12H2,1-4H3,(H,17,18). The van der Waals surface area contributed by atoms with Gasteiger partial charge in [-0.3, -0.25) is 4.79 Å². The Kier molecular flexibility index (Phi) is 10.1. The Bertz CT molecular complexity index is 211. The van der Waals surface area contributed by atoms with Crippen molar-refractivity contribution in [3.05, 3.63) is 0 Å². The lowest BCUT2D eigenvalue weighted by Gasteiger charge is -2.12. The summed E-state index contributed by atoms with van der Waals surface area (Å²) in [5.41, 5.74) is 0. The highest BCUT2D eigenvalue weighted by atomic mass is 16.4. The first-order chi connectivity index (χ1) is 8.43. The van der Waals surface area contributed by atoms with E-state index >= 15 is 0 Å². The van der Waals surface area contributed by atoms with E-state index in [1.807, 2.05) is 0 Å². The molecule has 0 heterocycles. The topological polar surface area (TPSA) is 37.3 Å². The average molecular weight is 256 g/mol. The van der Waals surface area contributed by atoms with Crippen molar-refractivity contribution in [3.63, 3.8) is 0 Å². The molecule has 0 saturated heterocycles. The van der Waals surface area contributed by atoms with Crippen LogP contribution in [0.25, 0.3) is 0 Å². The summed E-state index contributed by atoms with van der Waals surface area (Å²) in [6.07, 6.45) is 9.70. The van der Waals surface area contributed by atoms with Gasteiger partial charge in [0.25, 0.3) is 0 Å². The molecule has 108 valence electrons. The second-order valence-electron chi connectivity index (χ2n) is 6.31. The molecule has 0 spiro atoms. The van der Waals surface area contributed by atoms with Gasteiger partial charge in [-0.25, -0.2) is 0 Å². The van der Waals surface area contributed by atoms with Crippen LogP contribution in [-0.4, -0.2) is 11.1 Å². The minimum absolute atomic E-state index is 0.173. The third kappa shape index (κ3) is 10.6. The van der Waals surface area contributed by atoms with Gasteiger partial charge >= 0.3 is 5.97 Å². The van der Waals surface area contributed by atoms with Gasteiger partial charge in [0.05, 0.1) is 5.92 Å². The minimum atomic E-state index is -0.656. The maximum atomic E-state index is 10.6. The van der Waals surface area contributed by atoms with Crippen molar-refractivity contribution in [2.75, 3.05) is 0 Å². The molecule has 2 unspecified atom stereocenters. The third-order valence-corrected chi connectivity index (χ3v) is 3.73. The summed E-state index contributed by atoms with van der Waals surface area (Å²) >= 11 is 0. The molecule has 2 atom stereocenters. The Morgan fingerprint density at radius 2 is 1.39 bits per heavy atom. The maximum Gasteiger partial charge on any atom is 0.306 e. The molecule has 2 heteroatoms. The SMILES string of the molecule is CC(C)CCCC(C)CCCCCC(C)C(=O)O. The zero-order valence-electron chi connectivity index (χ0n) is 12.7. The van der Waals surface area contributed by atoms with Crippen molar-refractivity contribution >= 4 is 5.97 Å². The highest BCUT2D eigenvalue weighted by Gasteiger charge is 2.09. The number of hydrogen-bond acceptors (Lipinski definition) is 1. The van der Waals surface area contributed by atoms with Crippen LogP contribution in [0.5, 0.6) is 0 Å². The van der Waals surface area contributed by atoms with Crippen LogP contribution in [0.2, 0.25) is 0 Å². The number of aliphatic carboxylic acids is 1. The van der Waals surface area contributed by atoms with Crippen LogP contribution < -0.4 is 0 Å². The fourth-order valence-corrected chi connectivity index (χ4v) is 2.26. The van der Waals surface area contributed by atoms with Gasteiger partial charge in [-0.05, 0) is 18.3 Å². The largest absolute Gasteiger partial charge is 0.481 e. The second kappa shape index (κ2) is 10.4. The molecule has 0 aliphatic heterocycles. The van der Waals surface area contributed by atoms with Crippen LogP contribution in [0.15, 0.2) is 0 Å². The first kappa shape index (κ1) is 17.5. The molecule has 2 nitrogen and oxygen atoms in total. The molecule has 0 aliphatic carbocycles. The first-order valence-electron chi connectivity index (χ1n) is 7.66. The highest BCUT2D eigenvalue weighted by Crippen LogP contribution is 2.19. The fraction of sp³-hybridized carbons (Fsp3) is 0.938. The summed E-state index contributed by atoms with van der Waals surface area (Å²) in [5, 5.41) is 8.77. The van der Waals surface area contributed by atoms with E-state index in [0.29, 0.717) is 0 Å². The van der Waals surface area contributed by atoms with E-state index in [1.54, 1.807) is 6.92 Å². The van der Waals surface area contributed by atoms with Gasteiger partial charge < -0.3 is 5.11 Å². The van der Waals surface area contributed by atoms with Gasteiger partial charge in [-0.2, -0.15) is 0 Å². The summed E-state index contributed by atoms with van der Waals surface area (Å²) in [7, 11) is 0. The number of carboxylic acid groups (broad SMARTS) is 1. The smallest absolute Gasteiger partial charge is 0.306 e. The van der Waals surface area contributed by atoms with Gasteiger partial charge in [0.15, 0.2) is 0 Å². The Morgan fingerprint density at radius 3 is 1.94 bits per heavy atom. The molecule has 0 saturated carbocycles. The van der Waals surface area contributed by atoms with Gasteiger partial charge in [0, 0.05) is 0 Å². The van der Waals surface area contributed by atoms with Crippen molar-refractivity contribution in [2.45, 2.75) is 79.1 Å². The molecule has 0 aromatic rings. The molecule has 0 aromatic carbocycles. The molecule has 18 heavy (non-hydrogen) atoms. The minimum Gasteiger partial charge on any atom is -0.481 e. The Labute approximate surface area is 113 Å². The molecular weight excluding hydrogens is 224 g/mol. The first-order valence-corrected chi connectivity index (χ1v) is 7.66. The van der Waals surface area contributed by atoms with E-state index in [4.69, 9.17) is 5.11 Å². The zero-order chi connectivity index (χ0) is 14.0. The number of hydrogen-bond donors (Lipinski definition) is 1. The van der Waals surface area contributed by atoms with Gasteiger partial charge in [0.2, 0.25) is 0 Å². The summed E-state index contributed by atoms with van der Waals surface area (Å²) in [4.78, 5) is 10.6. The summed E-state index contributed by atoms with van der Waals surface area (Å²) < 4.78 is 0. The predicted octanol–water partition coefficient (Wildman–Crippen LogP) is 5.12. The molecule has 0 radical (unpaired) electrons. The third-order valence-electron chi connectivity index (χ3n) is 3.73. The normalized spacial score (nSPS) is 14.7. The van der Waals surface area contributed by atoms with Gasteiger partial charge in [0.1, 0.15) is 0 Å². The molecule has 0 fully saturated rings. The molecule has 0 aliphatic rings. The van der Waals surface area contributed by atoms with Crippen LogP contribution in [0.4, 0.5) is 0 Å². The van der Waals surface area contributed by atoms with E-state index < -0.39 is 5.97 Å². The molecule has 0 rings (SSSR count). The molecule has 1 N–H and O–H groups in total. The van der Waals surface area contributed by atoms with E-state index in [9.17, 15) is 4.79 Å². The lowest BCUT2D eigenvalue weighted by molar-refractivity contribution is -0.141. The van der Waals surface area contributed by atoms with Crippen molar-refractivity contribution in [1.82, 2.24) is 0 Å². The molecular formula is C16H32O2. The Balaban J connectivity index is 3.35. The van der Waals surface area contributed by atoms with Crippen LogP contribution in [-0.2, 0) is 4.79 Å². The quantitative estimate of drug-likeness (QED) is 0.521. The van der Waals surface area contributed by atoms with Gasteiger partial charge in [-0.15, -0.1) is 0 Å². The van der Waals surface area contributed by atoms with E-state index in [1.165, 1.54) is 38.5 Å². The van der Waals surface area contributed by atoms with Crippen LogP contribution in [0, 0.1) is 17.8 Å². The molecule has 0 bridgehead atoms. The number of carboxylic acids is 1. The monoisotopic (exact) mass is 256 g/mol. The van der Waals surface area contributed by atoms with Crippen LogP contribution >= 0.6 is 0 Å². The van der Waals surface area contributed by atoms with Crippen molar-refractivity contribution in [2.24, 2.45) is 17.8 Å². The maximum absolute atomic E-state index is 10.6. The Morgan fingerprint density at radius 1 is 0.833 bits per heavy atom. The summed E-state index contributed by atoms with van der Waals surface area (Å²) in [5.74, 6) is 0.834. The lowest BCUT2D eigenvalue weighted by atomic mass is 9.94. The van der Waals surface area contributed by atoms with Crippen molar-refractivity contribution in [1.29, 1.82) is 0 Å². The predicted molar refractivity (Wildman–Crippen MR) is 77.7 cm³/mol. The van der Waals surface area contributed by atoms with Gasteiger partial charge in [-0.1, -0.05) is 72.6 Å². The van der Waals surface area contributed by atoms with Crippen molar-refractivity contribution in [3.8, 4) is 0 Å². The summed E-state index contributed by atoms with van der Waals surface area (Å²) in [6, 6.07) is 0. The van der Waals surface area contributed by atoms with E-state index in [-0.39, 0.29) is 5.92 Å². The number of rotatable bonds is 11. The zero-order valence-corrected chi connectivity index (χ0v) is 12.7. The van der Waals surface area contributed by atoms with Crippen molar-refractivity contribution < 1.29 is 9.90 Å². The summed E-state index contributed by atoms with van der Waals surface area (Å²) in [6.45, 7) is 8.72.